The number of hydrogen-bond donors (Lipinski definition) is 1. The van der Waals surface area contributed by atoms with Crippen molar-refractivity contribution in [3.63, 3.8) is 0 Å². The van der Waals surface area contributed by atoms with Gasteiger partial charge in [-0.3, -0.25) is 4.79 Å². The van der Waals surface area contributed by atoms with Gasteiger partial charge in [0.25, 0.3) is 0 Å². The number of anilines is 2. The molecule has 8 heteroatoms. The van der Waals surface area contributed by atoms with E-state index in [4.69, 9.17) is 0 Å². The number of benzene rings is 1. The summed E-state index contributed by atoms with van der Waals surface area (Å²) in [5, 5.41) is 2.35. The second-order valence-corrected chi connectivity index (χ2v) is 6.42. The Morgan fingerprint density at radius 3 is 2.31 bits per heavy atom. The fourth-order valence-electron chi connectivity index (χ4n) is 3.05. The van der Waals surface area contributed by atoms with Crippen LogP contribution in [-0.2, 0) is 4.79 Å². The van der Waals surface area contributed by atoms with Crippen LogP contribution < -0.4 is 10.2 Å². The Kier molecular flexibility index (Phi) is 5.11. The van der Waals surface area contributed by atoms with E-state index in [1.54, 1.807) is 0 Å². The van der Waals surface area contributed by atoms with Gasteiger partial charge in [-0.25, -0.2) is 23.1 Å². The van der Waals surface area contributed by atoms with Crippen molar-refractivity contribution in [2.75, 3.05) is 23.3 Å². The first kappa shape index (κ1) is 18.2. The zero-order valence-corrected chi connectivity index (χ0v) is 14.5. The number of rotatable bonds is 3. The summed E-state index contributed by atoms with van der Waals surface area (Å²) in [6.45, 7) is 4.96. The SMILES string of the molecule is Cc1cc(C)nc(N2CCC(C(=O)Nc3ccc(F)c(F)c3F)CC2)n1. The van der Waals surface area contributed by atoms with Crippen LogP contribution in [0.4, 0.5) is 24.8 Å². The van der Waals surface area contributed by atoms with Crippen LogP contribution in [0.25, 0.3) is 0 Å². The van der Waals surface area contributed by atoms with Crippen molar-refractivity contribution in [2.45, 2.75) is 26.7 Å². The van der Waals surface area contributed by atoms with Crippen LogP contribution in [0, 0.1) is 37.2 Å². The van der Waals surface area contributed by atoms with Gasteiger partial charge in [0.2, 0.25) is 11.9 Å². The Morgan fingerprint density at radius 1 is 1.08 bits per heavy atom. The second-order valence-electron chi connectivity index (χ2n) is 6.42. The first-order chi connectivity index (χ1) is 12.3. The molecule has 0 spiro atoms. The van der Waals surface area contributed by atoms with Gasteiger partial charge in [-0.15, -0.1) is 0 Å². The predicted molar refractivity (Wildman–Crippen MR) is 91.4 cm³/mol. The van der Waals surface area contributed by atoms with Crippen LogP contribution >= 0.6 is 0 Å². The highest BCUT2D eigenvalue weighted by molar-refractivity contribution is 5.92. The maximum atomic E-state index is 13.7. The summed E-state index contributed by atoms with van der Waals surface area (Å²) < 4.78 is 39.9. The van der Waals surface area contributed by atoms with Crippen molar-refractivity contribution in [1.29, 1.82) is 0 Å². The molecule has 2 aromatic rings. The minimum atomic E-state index is -1.59. The largest absolute Gasteiger partial charge is 0.341 e. The maximum absolute atomic E-state index is 13.7. The normalized spacial score (nSPS) is 15.2. The van der Waals surface area contributed by atoms with E-state index in [1.807, 2.05) is 24.8 Å². The molecule has 0 saturated carbocycles. The second kappa shape index (κ2) is 7.31. The number of aryl methyl sites for hydroxylation is 2. The Labute approximate surface area is 149 Å². The molecule has 0 aliphatic carbocycles. The molecular formula is C18H19F3N4O. The molecule has 1 aliphatic heterocycles. The summed E-state index contributed by atoms with van der Waals surface area (Å²) in [5.41, 5.74) is 1.40. The van der Waals surface area contributed by atoms with E-state index in [0.29, 0.717) is 31.9 Å². The number of piperidine rings is 1. The molecule has 5 nitrogen and oxygen atoms in total. The molecule has 1 aromatic carbocycles. The molecular weight excluding hydrogens is 345 g/mol. The number of hydrogen-bond acceptors (Lipinski definition) is 4. The van der Waals surface area contributed by atoms with E-state index in [1.165, 1.54) is 0 Å². The summed E-state index contributed by atoms with van der Waals surface area (Å²) in [7, 11) is 0. The topological polar surface area (TPSA) is 58.1 Å². The van der Waals surface area contributed by atoms with Crippen molar-refractivity contribution in [3.8, 4) is 0 Å². The zero-order valence-electron chi connectivity index (χ0n) is 14.5. The fourth-order valence-corrected chi connectivity index (χ4v) is 3.05. The lowest BCUT2D eigenvalue weighted by Crippen LogP contribution is -2.39. The van der Waals surface area contributed by atoms with Crippen molar-refractivity contribution in [2.24, 2.45) is 5.92 Å². The summed E-state index contributed by atoms with van der Waals surface area (Å²) >= 11 is 0. The molecule has 0 radical (unpaired) electrons. The third-order valence-electron chi connectivity index (χ3n) is 4.41. The molecule has 0 unspecified atom stereocenters. The van der Waals surface area contributed by atoms with Gasteiger partial charge < -0.3 is 10.2 Å². The molecule has 0 bridgehead atoms. The van der Waals surface area contributed by atoms with Gasteiger partial charge >= 0.3 is 0 Å². The molecule has 1 N–H and O–H groups in total. The van der Waals surface area contributed by atoms with Gasteiger partial charge in [0.15, 0.2) is 17.5 Å². The van der Waals surface area contributed by atoms with E-state index in [-0.39, 0.29) is 11.6 Å². The number of aromatic nitrogens is 2. The molecule has 1 aliphatic rings. The highest BCUT2D eigenvalue weighted by atomic mass is 19.2. The third-order valence-corrected chi connectivity index (χ3v) is 4.41. The van der Waals surface area contributed by atoms with Crippen molar-refractivity contribution < 1.29 is 18.0 Å². The lowest BCUT2D eigenvalue weighted by Gasteiger charge is -2.31. The van der Waals surface area contributed by atoms with E-state index in [9.17, 15) is 18.0 Å². The van der Waals surface area contributed by atoms with Crippen LogP contribution in [0.15, 0.2) is 18.2 Å². The molecule has 26 heavy (non-hydrogen) atoms. The Bertz CT molecular complexity index is 815. The van der Waals surface area contributed by atoms with Gasteiger partial charge in [0.1, 0.15) is 0 Å². The van der Waals surface area contributed by atoms with E-state index in [0.717, 1.165) is 23.5 Å². The maximum Gasteiger partial charge on any atom is 0.227 e. The average Bonchev–Trinajstić information content (AvgIpc) is 2.61. The number of nitrogens with one attached hydrogen (secondary N) is 1. The highest BCUT2D eigenvalue weighted by Gasteiger charge is 2.27. The van der Waals surface area contributed by atoms with Gasteiger partial charge in [-0.05, 0) is 44.9 Å². The average molecular weight is 364 g/mol. The van der Waals surface area contributed by atoms with Gasteiger partial charge in [-0.1, -0.05) is 0 Å². The number of halogens is 3. The first-order valence-corrected chi connectivity index (χ1v) is 8.36. The van der Waals surface area contributed by atoms with Crippen LogP contribution in [0.3, 0.4) is 0 Å². The summed E-state index contributed by atoms with van der Waals surface area (Å²) in [5.74, 6) is -4.39. The van der Waals surface area contributed by atoms with E-state index < -0.39 is 23.4 Å². The van der Waals surface area contributed by atoms with Crippen LogP contribution in [0.5, 0.6) is 0 Å². The van der Waals surface area contributed by atoms with Crippen molar-refractivity contribution in [3.05, 3.63) is 47.0 Å². The number of nitrogens with zero attached hydrogens (tertiary/aromatic N) is 3. The monoisotopic (exact) mass is 364 g/mol. The number of amides is 1. The third kappa shape index (κ3) is 3.79. The molecule has 1 aromatic heterocycles. The smallest absolute Gasteiger partial charge is 0.227 e. The Morgan fingerprint density at radius 2 is 1.69 bits per heavy atom. The summed E-state index contributed by atoms with van der Waals surface area (Å²) in [6, 6.07) is 3.69. The summed E-state index contributed by atoms with van der Waals surface area (Å²) in [6.07, 6.45) is 1.07. The molecule has 2 heterocycles. The fraction of sp³-hybridized carbons (Fsp3) is 0.389. The van der Waals surface area contributed by atoms with Gasteiger partial charge in [0, 0.05) is 30.4 Å². The van der Waals surface area contributed by atoms with Gasteiger partial charge in [0.05, 0.1) is 5.69 Å². The number of carbonyl (C=O) groups excluding carboxylic acids is 1. The van der Waals surface area contributed by atoms with Crippen molar-refractivity contribution >= 4 is 17.5 Å². The van der Waals surface area contributed by atoms with Gasteiger partial charge in [-0.2, -0.15) is 0 Å². The minimum Gasteiger partial charge on any atom is -0.341 e. The van der Waals surface area contributed by atoms with Crippen molar-refractivity contribution in [1.82, 2.24) is 9.97 Å². The lowest BCUT2D eigenvalue weighted by molar-refractivity contribution is -0.120. The molecule has 138 valence electrons. The Hall–Kier alpha value is -2.64. The molecule has 1 amide bonds. The van der Waals surface area contributed by atoms with Crippen LogP contribution in [-0.4, -0.2) is 29.0 Å². The summed E-state index contributed by atoms with van der Waals surface area (Å²) in [4.78, 5) is 23.2. The first-order valence-electron chi connectivity index (χ1n) is 8.36. The highest BCUT2D eigenvalue weighted by Crippen LogP contribution is 2.24. The molecule has 3 rings (SSSR count). The van der Waals surface area contributed by atoms with E-state index in [2.05, 4.69) is 15.3 Å². The predicted octanol–water partition coefficient (Wildman–Crippen LogP) is 3.37. The molecule has 1 fully saturated rings. The molecule has 1 saturated heterocycles. The quantitative estimate of drug-likeness (QED) is 0.849. The van der Waals surface area contributed by atoms with E-state index >= 15 is 0 Å². The molecule has 0 atom stereocenters. The minimum absolute atomic E-state index is 0.343. The number of carbonyl (C=O) groups is 1. The Balaban J connectivity index is 1.63. The lowest BCUT2D eigenvalue weighted by atomic mass is 9.96. The van der Waals surface area contributed by atoms with Crippen LogP contribution in [0.1, 0.15) is 24.2 Å². The van der Waals surface area contributed by atoms with Crippen LogP contribution in [0.2, 0.25) is 0 Å². The zero-order chi connectivity index (χ0) is 18.8. The standard InChI is InChI=1S/C18H19F3N4O/c1-10-9-11(2)23-18(22-10)25-7-5-12(6-8-25)17(26)24-14-4-3-13(19)15(20)16(14)21/h3-4,9,12H,5-8H2,1-2H3,(H,24,26).